The summed E-state index contributed by atoms with van der Waals surface area (Å²) in [6.45, 7) is 5.65. The molecule has 1 atom stereocenters. The van der Waals surface area contributed by atoms with Crippen molar-refractivity contribution in [3.63, 3.8) is 0 Å². The molecule has 21 heavy (non-hydrogen) atoms. The van der Waals surface area contributed by atoms with Gasteiger partial charge in [-0.15, -0.1) is 0 Å². The Balaban J connectivity index is 1.75. The molecular formula is C16H18FN3S. The quantitative estimate of drug-likeness (QED) is 0.811. The smallest absolute Gasteiger partial charge is 0.174 e. The van der Waals surface area contributed by atoms with Crippen LogP contribution in [0, 0.1) is 12.7 Å². The maximum atomic E-state index is 13.6. The predicted molar refractivity (Wildman–Crippen MR) is 86.9 cm³/mol. The zero-order valence-electron chi connectivity index (χ0n) is 12.1. The molecule has 0 unspecified atom stereocenters. The Bertz CT molecular complexity index is 680. The van der Waals surface area contributed by atoms with Crippen molar-refractivity contribution in [3.05, 3.63) is 53.6 Å². The summed E-state index contributed by atoms with van der Waals surface area (Å²) in [5.74, 6) is -0.219. The number of thiocarbonyl (C=S) groups is 1. The molecule has 0 saturated heterocycles. The highest BCUT2D eigenvalue weighted by molar-refractivity contribution is 7.80. The molecule has 0 radical (unpaired) electrons. The van der Waals surface area contributed by atoms with Crippen molar-refractivity contribution in [1.29, 1.82) is 0 Å². The Morgan fingerprint density at radius 3 is 2.90 bits per heavy atom. The Morgan fingerprint density at radius 2 is 2.14 bits per heavy atom. The van der Waals surface area contributed by atoms with E-state index in [9.17, 15) is 4.39 Å². The SMILES string of the molecule is Cc1ccc(NC(=S)N2CCn3cccc3[C@H]2C)cc1F. The average molecular weight is 303 g/mol. The summed E-state index contributed by atoms with van der Waals surface area (Å²) < 4.78 is 15.8. The number of benzene rings is 1. The van der Waals surface area contributed by atoms with Crippen molar-refractivity contribution in [2.24, 2.45) is 0 Å². The zero-order chi connectivity index (χ0) is 15.0. The van der Waals surface area contributed by atoms with Crippen LogP contribution in [0.4, 0.5) is 10.1 Å². The minimum atomic E-state index is -0.219. The molecule has 0 amide bonds. The Kier molecular flexibility index (Phi) is 3.68. The lowest BCUT2D eigenvalue weighted by molar-refractivity contribution is 0.276. The minimum absolute atomic E-state index is 0.212. The summed E-state index contributed by atoms with van der Waals surface area (Å²) >= 11 is 5.50. The molecule has 2 aromatic rings. The van der Waals surface area contributed by atoms with Crippen LogP contribution in [0.1, 0.15) is 24.2 Å². The van der Waals surface area contributed by atoms with Crippen molar-refractivity contribution < 1.29 is 4.39 Å². The summed E-state index contributed by atoms with van der Waals surface area (Å²) in [5.41, 5.74) is 2.58. The number of halogens is 1. The van der Waals surface area contributed by atoms with E-state index in [4.69, 9.17) is 12.2 Å². The van der Waals surface area contributed by atoms with E-state index in [0.717, 1.165) is 13.1 Å². The molecule has 1 aliphatic rings. The molecule has 3 nitrogen and oxygen atoms in total. The van der Waals surface area contributed by atoms with Crippen LogP contribution in [0.3, 0.4) is 0 Å². The Hall–Kier alpha value is -1.88. The zero-order valence-corrected chi connectivity index (χ0v) is 13.0. The molecule has 0 aliphatic carbocycles. The number of hydrogen-bond donors (Lipinski definition) is 1. The molecule has 0 bridgehead atoms. The van der Waals surface area contributed by atoms with Gasteiger partial charge in [0.15, 0.2) is 5.11 Å². The molecule has 0 spiro atoms. The lowest BCUT2D eigenvalue weighted by atomic mass is 10.1. The lowest BCUT2D eigenvalue weighted by Gasteiger charge is -2.36. The van der Waals surface area contributed by atoms with E-state index in [-0.39, 0.29) is 11.9 Å². The lowest BCUT2D eigenvalue weighted by Crippen LogP contribution is -2.42. The molecule has 1 N–H and O–H groups in total. The summed E-state index contributed by atoms with van der Waals surface area (Å²) in [6, 6.07) is 9.47. The van der Waals surface area contributed by atoms with Crippen molar-refractivity contribution in [3.8, 4) is 0 Å². The van der Waals surface area contributed by atoms with Crippen LogP contribution in [0.2, 0.25) is 0 Å². The number of nitrogens with zero attached hydrogens (tertiary/aromatic N) is 2. The average Bonchev–Trinajstić information content (AvgIpc) is 2.92. The van der Waals surface area contributed by atoms with E-state index in [2.05, 4.69) is 40.0 Å². The van der Waals surface area contributed by atoms with Gasteiger partial charge in [-0.25, -0.2) is 4.39 Å². The number of aromatic nitrogens is 1. The molecule has 0 saturated carbocycles. The first-order chi connectivity index (χ1) is 10.1. The third-order valence-corrected chi connectivity index (χ3v) is 4.36. The summed E-state index contributed by atoms with van der Waals surface area (Å²) in [7, 11) is 0. The molecule has 1 aromatic carbocycles. The normalized spacial score (nSPS) is 17.5. The van der Waals surface area contributed by atoms with Crippen molar-refractivity contribution in [1.82, 2.24) is 9.47 Å². The Labute approximate surface area is 129 Å². The fraction of sp³-hybridized carbons (Fsp3) is 0.312. The maximum absolute atomic E-state index is 13.6. The third-order valence-electron chi connectivity index (χ3n) is 4.03. The number of aryl methyl sites for hydroxylation is 1. The minimum Gasteiger partial charge on any atom is -0.348 e. The van der Waals surface area contributed by atoms with Crippen molar-refractivity contribution in [2.45, 2.75) is 26.4 Å². The van der Waals surface area contributed by atoms with Crippen LogP contribution in [-0.4, -0.2) is 21.1 Å². The van der Waals surface area contributed by atoms with Gasteiger partial charge in [0.1, 0.15) is 5.82 Å². The largest absolute Gasteiger partial charge is 0.348 e. The van der Waals surface area contributed by atoms with Crippen LogP contribution in [-0.2, 0) is 6.54 Å². The van der Waals surface area contributed by atoms with E-state index < -0.39 is 0 Å². The van der Waals surface area contributed by atoms with Crippen LogP contribution in [0.15, 0.2) is 36.5 Å². The predicted octanol–water partition coefficient (Wildman–Crippen LogP) is 3.71. The molecule has 2 heterocycles. The second-order valence-corrected chi connectivity index (χ2v) is 5.78. The van der Waals surface area contributed by atoms with Gasteiger partial charge in [-0.3, -0.25) is 0 Å². The maximum Gasteiger partial charge on any atom is 0.174 e. The Morgan fingerprint density at radius 1 is 1.33 bits per heavy atom. The molecule has 1 aromatic heterocycles. The molecule has 0 fully saturated rings. The number of hydrogen-bond acceptors (Lipinski definition) is 1. The van der Waals surface area contributed by atoms with Gasteiger partial charge in [-0.1, -0.05) is 6.07 Å². The monoisotopic (exact) mass is 303 g/mol. The fourth-order valence-corrected chi connectivity index (χ4v) is 3.09. The summed E-state index contributed by atoms with van der Waals surface area (Å²) in [6.07, 6.45) is 2.09. The first kappa shape index (κ1) is 14.1. The molecule has 1 aliphatic heterocycles. The van der Waals surface area contributed by atoms with Gasteiger partial charge in [0.05, 0.1) is 6.04 Å². The topological polar surface area (TPSA) is 20.2 Å². The van der Waals surface area contributed by atoms with Crippen LogP contribution in [0.5, 0.6) is 0 Å². The van der Waals surface area contributed by atoms with Gasteiger partial charge in [0.25, 0.3) is 0 Å². The first-order valence-electron chi connectivity index (χ1n) is 7.05. The highest BCUT2D eigenvalue weighted by Gasteiger charge is 2.25. The van der Waals surface area contributed by atoms with E-state index in [1.807, 2.05) is 6.07 Å². The highest BCUT2D eigenvalue weighted by atomic mass is 32.1. The second-order valence-electron chi connectivity index (χ2n) is 5.39. The molecule has 110 valence electrons. The number of fused-ring (bicyclic) bond motifs is 1. The van der Waals surface area contributed by atoms with Crippen molar-refractivity contribution in [2.75, 3.05) is 11.9 Å². The molecular weight excluding hydrogens is 285 g/mol. The third kappa shape index (κ3) is 2.65. The van der Waals surface area contributed by atoms with Gasteiger partial charge in [-0.2, -0.15) is 0 Å². The number of rotatable bonds is 1. The summed E-state index contributed by atoms with van der Waals surface area (Å²) in [5, 5.41) is 3.78. The standard InChI is InChI=1S/C16H18FN3S/c1-11-5-6-13(10-14(11)17)18-16(21)20-9-8-19-7-3-4-15(19)12(20)2/h3-7,10,12H,8-9H2,1-2H3,(H,18,21)/t12-/m1/s1. The molecule has 5 heteroatoms. The number of nitrogens with one attached hydrogen (secondary N) is 1. The van der Waals surface area contributed by atoms with E-state index in [1.165, 1.54) is 11.8 Å². The van der Waals surface area contributed by atoms with Crippen LogP contribution < -0.4 is 5.32 Å². The molecule has 3 rings (SSSR count). The van der Waals surface area contributed by atoms with E-state index in [0.29, 0.717) is 16.4 Å². The van der Waals surface area contributed by atoms with Gasteiger partial charge in [0.2, 0.25) is 0 Å². The second kappa shape index (κ2) is 5.48. The van der Waals surface area contributed by atoms with Gasteiger partial charge < -0.3 is 14.8 Å². The van der Waals surface area contributed by atoms with E-state index >= 15 is 0 Å². The van der Waals surface area contributed by atoms with E-state index in [1.54, 1.807) is 13.0 Å². The summed E-state index contributed by atoms with van der Waals surface area (Å²) in [4.78, 5) is 2.14. The van der Waals surface area contributed by atoms with Crippen LogP contribution >= 0.6 is 12.2 Å². The van der Waals surface area contributed by atoms with Crippen molar-refractivity contribution >= 4 is 23.0 Å². The first-order valence-corrected chi connectivity index (χ1v) is 7.46. The highest BCUT2D eigenvalue weighted by Crippen LogP contribution is 2.26. The van der Waals surface area contributed by atoms with Gasteiger partial charge in [-0.05, 0) is 55.9 Å². The number of anilines is 1. The van der Waals surface area contributed by atoms with Gasteiger partial charge in [0, 0.05) is 30.7 Å². The van der Waals surface area contributed by atoms with Gasteiger partial charge >= 0.3 is 0 Å². The van der Waals surface area contributed by atoms with Crippen LogP contribution in [0.25, 0.3) is 0 Å². The fourth-order valence-electron chi connectivity index (χ4n) is 2.72.